The highest BCUT2D eigenvalue weighted by atomic mass is 16.3. The van der Waals surface area contributed by atoms with E-state index >= 15 is 0 Å². The van der Waals surface area contributed by atoms with Crippen LogP contribution in [0.1, 0.15) is 48.1 Å². The van der Waals surface area contributed by atoms with Crippen molar-refractivity contribution in [2.24, 2.45) is 5.41 Å². The molecule has 1 N–H and O–H groups in total. The highest BCUT2D eigenvalue weighted by Gasteiger charge is 2.28. The number of imidazole rings is 1. The monoisotopic (exact) mass is 453 g/mol. The second kappa shape index (κ2) is 9.74. The molecule has 0 spiro atoms. The summed E-state index contributed by atoms with van der Waals surface area (Å²) in [6, 6.07) is 12.7. The van der Waals surface area contributed by atoms with Gasteiger partial charge < -0.3 is 9.51 Å². The second-order valence-electron chi connectivity index (χ2n) is 9.28. The van der Waals surface area contributed by atoms with E-state index < -0.39 is 5.41 Å². The first kappa shape index (κ1) is 23.6. The average molecular weight is 454 g/mol. The van der Waals surface area contributed by atoms with Gasteiger partial charge in [0, 0.05) is 29.6 Å². The summed E-state index contributed by atoms with van der Waals surface area (Å²) in [4.78, 5) is 20.8. The number of aromatic nitrogens is 3. The molecule has 0 bridgehead atoms. The Hall–Kier alpha value is -3.57. The van der Waals surface area contributed by atoms with Crippen molar-refractivity contribution in [3.63, 3.8) is 0 Å². The summed E-state index contributed by atoms with van der Waals surface area (Å²) in [7, 11) is 0. The van der Waals surface area contributed by atoms with Crippen molar-refractivity contribution in [3.05, 3.63) is 89.0 Å². The molecule has 0 radical (unpaired) electrons. The van der Waals surface area contributed by atoms with E-state index in [0.29, 0.717) is 6.42 Å². The van der Waals surface area contributed by atoms with Gasteiger partial charge in [-0.1, -0.05) is 55.5 Å². The molecule has 2 aromatic heterocycles. The number of rotatable bonds is 8. The smallest absolute Gasteiger partial charge is 0.155 e. The fourth-order valence-corrected chi connectivity index (χ4v) is 4.07. The largest absolute Gasteiger partial charge is 0.395 e. The summed E-state index contributed by atoms with van der Waals surface area (Å²) < 4.78 is 1.98. The number of aryl methyl sites for hydroxylation is 2. The number of aliphatic hydroxyl groups excluding tert-OH is 1. The molecular formula is C29H31N3O2. The van der Waals surface area contributed by atoms with E-state index in [9.17, 15) is 9.90 Å². The van der Waals surface area contributed by atoms with Crippen LogP contribution in [0.2, 0.25) is 0 Å². The van der Waals surface area contributed by atoms with Crippen LogP contribution in [0.3, 0.4) is 0 Å². The lowest BCUT2D eigenvalue weighted by Gasteiger charge is -2.24. The predicted molar refractivity (Wildman–Crippen MR) is 137 cm³/mol. The Morgan fingerprint density at radius 3 is 2.68 bits per heavy atom. The maximum absolute atomic E-state index is 11.9. The zero-order valence-electron chi connectivity index (χ0n) is 20.2. The highest BCUT2D eigenvalue weighted by Crippen LogP contribution is 2.27. The molecule has 4 aromatic rings. The number of fused-ring (bicyclic) bond motifs is 1. The quantitative estimate of drug-likeness (QED) is 0.347. The molecule has 0 aliphatic heterocycles. The number of ketones is 1. The standard InChI is InChI=1S/C29H31N3O2/c1-20-8-9-23(12-13-29(4,19-33)22(3)34)16-25(20)11-10-24-6-5-7-26(21(24)2)27-18-32-15-14-30-28(32)17-31-27/h5-11,14-18,33H,12-13,19H2,1-4H3/b11-10+/t29-/m0/s1. The number of Topliss-reactive ketones (excluding diaryl/α,β-unsaturated/α-hetero) is 1. The summed E-state index contributed by atoms with van der Waals surface area (Å²) >= 11 is 0. The van der Waals surface area contributed by atoms with E-state index in [0.717, 1.165) is 40.0 Å². The van der Waals surface area contributed by atoms with E-state index in [1.54, 1.807) is 19.3 Å². The Bertz CT molecular complexity index is 1370. The van der Waals surface area contributed by atoms with Gasteiger partial charge in [0.15, 0.2) is 5.65 Å². The lowest BCUT2D eigenvalue weighted by molar-refractivity contribution is -0.128. The molecule has 174 valence electrons. The molecule has 2 aromatic carbocycles. The Morgan fingerprint density at radius 1 is 1.12 bits per heavy atom. The maximum atomic E-state index is 11.9. The van der Waals surface area contributed by atoms with E-state index in [4.69, 9.17) is 0 Å². The molecule has 0 amide bonds. The van der Waals surface area contributed by atoms with Gasteiger partial charge in [0.1, 0.15) is 5.78 Å². The molecular weight excluding hydrogens is 422 g/mol. The summed E-state index contributed by atoms with van der Waals surface area (Å²) in [5.74, 6) is 0.0271. The zero-order valence-corrected chi connectivity index (χ0v) is 20.2. The summed E-state index contributed by atoms with van der Waals surface area (Å²) in [5.41, 5.74) is 7.95. The fourth-order valence-electron chi connectivity index (χ4n) is 4.07. The molecule has 0 unspecified atom stereocenters. The minimum Gasteiger partial charge on any atom is -0.395 e. The Balaban J connectivity index is 1.58. The van der Waals surface area contributed by atoms with Crippen molar-refractivity contribution in [3.8, 4) is 11.3 Å². The van der Waals surface area contributed by atoms with Crippen LogP contribution in [-0.4, -0.2) is 31.9 Å². The van der Waals surface area contributed by atoms with E-state index in [2.05, 4.69) is 72.4 Å². The minimum atomic E-state index is -0.688. The van der Waals surface area contributed by atoms with Crippen LogP contribution in [0.25, 0.3) is 29.1 Å². The van der Waals surface area contributed by atoms with Crippen LogP contribution in [0.5, 0.6) is 0 Å². The van der Waals surface area contributed by atoms with Crippen LogP contribution in [-0.2, 0) is 11.2 Å². The fraction of sp³-hybridized carbons (Fsp3) is 0.276. The maximum Gasteiger partial charge on any atom is 0.155 e. The van der Waals surface area contributed by atoms with Gasteiger partial charge in [-0.05, 0) is 61.4 Å². The topological polar surface area (TPSA) is 67.5 Å². The SMILES string of the molecule is CC(=O)[C@](C)(CO)CCc1ccc(C)c(/C=C/c2cccc(-c3cn4ccnc4cn3)c2C)c1. The van der Waals surface area contributed by atoms with Crippen molar-refractivity contribution in [1.82, 2.24) is 14.4 Å². The van der Waals surface area contributed by atoms with Gasteiger partial charge in [-0.25, -0.2) is 4.98 Å². The van der Waals surface area contributed by atoms with Gasteiger partial charge in [-0.15, -0.1) is 0 Å². The van der Waals surface area contributed by atoms with Crippen LogP contribution >= 0.6 is 0 Å². The highest BCUT2D eigenvalue weighted by molar-refractivity contribution is 5.82. The number of hydrogen-bond donors (Lipinski definition) is 1. The molecule has 2 heterocycles. The van der Waals surface area contributed by atoms with Gasteiger partial charge in [-0.2, -0.15) is 0 Å². The predicted octanol–water partition coefficient (Wildman–Crippen LogP) is 5.70. The van der Waals surface area contributed by atoms with Gasteiger partial charge in [0.2, 0.25) is 0 Å². The van der Waals surface area contributed by atoms with Crippen LogP contribution in [0.15, 0.2) is 61.2 Å². The average Bonchev–Trinajstić information content (AvgIpc) is 3.31. The van der Waals surface area contributed by atoms with E-state index in [1.807, 2.05) is 23.7 Å². The Labute approximate surface area is 200 Å². The molecule has 5 heteroatoms. The van der Waals surface area contributed by atoms with Crippen molar-refractivity contribution in [2.45, 2.75) is 40.5 Å². The van der Waals surface area contributed by atoms with Gasteiger partial charge in [0.25, 0.3) is 0 Å². The molecule has 0 fully saturated rings. The molecule has 0 saturated carbocycles. The van der Waals surface area contributed by atoms with Crippen LogP contribution in [0, 0.1) is 19.3 Å². The van der Waals surface area contributed by atoms with Gasteiger partial charge in [0.05, 0.1) is 18.5 Å². The third kappa shape index (κ3) is 4.85. The first-order valence-corrected chi connectivity index (χ1v) is 11.6. The number of carbonyl (C=O) groups is 1. The van der Waals surface area contributed by atoms with Crippen molar-refractivity contribution in [2.75, 3.05) is 6.61 Å². The van der Waals surface area contributed by atoms with Gasteiger partial charge >= 0.3 is 0 Å². The molecule has 34 heavy (non-hydrogen) atoms. The lowest BCUT2D eigenvalue weighted by Crippen LogP contribution is -2.30. The third-order valence-electron chi connectivity index (χ3n) is 6.88. The normalized spacial score (nSPS) is 13.4. The lowest BCUT2D eigenvalue weighted by atomic mass is 9.81. The van der Waals surface area contributed by atoms with Crippen LogP contribution in [0.4, 0.5) is 0 Å². The van der Waals surface area contributed by atoms with Crippen molar-refractivity contribution in [1.29, 1.82) is 0 Å². The Morgan fingerprint density at radius 2 is 1.91 bits per heavy atom. The number of benzene rings is 2. The van der Waals surface area contributed by atoms with E-state index in [-0.39, 0.29) is 12.4 Å². The first-order chi connectivity index (χ1) is 16.3. The molecule has 0 aliphatic carbocycles. The molecule has 4 rings (SSSR count). The summed E-state index contributed by atoms with van der Waals surface area (Å²) in [6.07, 6.45) is 13.2. The summed E-state index contributed by atoms with van der Waals surface area (Å²) in [5, 5.41) is 9.67. The van der Waals surface area contributed by atoms with Crippen LogP contribution < -0.4 is 0 Å². The Kier molecular flexibility index (Phi) is 6.75. The van der Waals surface area contributed by atoms with Gasteiger partial charge in [-0.3, -0.25) is 9.78 Å². The number of hydrogen-bond acceptors (Lipinski definition) is 4. The summed E-state index contributed by atoms with van der Waals surface area (Å²) in [6.45, 7) is 7.48. The molecule has 1 atom stereocenters. The van der Waals surface area contributed by atoms with Crippen molar-refractivity contribution >= 4 is 23.6 Å². The molecule has 0 aliphatic rings. The van der Waals surface area contributed by atoms with Crippen molar-refractivity contribution < 1.29 is 9.90 Å². The zero-order chi connectivity index (χ0) is 24.3. The first-order valence-electron chi connectivity index (χ1n) is 11.6. The number of aliphatic hydroxyl groups is 1. The second-order valence-corrected chi connectivity index (χ2v) is 9.28. The minimum absolute atomic E-state index is 0.0271. The third-order valence-corrected chi connectivity index (χ3v) is 6.88. The molecule has 0 saturated heterocycles. The molecule has 5 nitrogen and oxygen atoms in total. The number of nitrogens with zero attached hydrogens (tertiary/aromatic N) is 3. The number of carbonyl (C=O) groups excluding carboxylic acids is 1. The van der Waals surface area contributed by atoms with E-state index in [1.165, 1.54) is 11.1 Å².